The first kappa shape index (κ1) is 18.2. The summed E-state index contributed by atoms with van der Waals surface area (Å²) < 4.78 is 5.35. The van der Waals surface area contributed by atoms with E-state index in [1.807, 2.05) is 17.5 Å². The van der Waals surface area contributed by atoms with Crippen LogP contribution in [0, 0.1) is 0 Å². The van der Waals surface area contributed by atoms with Crippen molar-refractivity contribution in [3.8, 4) is 0 Å². The van der Waals surface area contributed by atoms with Crippen molar-refractivity contribution >= 4 is 52.5 Å². The lowest BCUT2D eigenvalue weighted by Gasteiger charge is -2.55. The van der Waals surface area contributed by atoms with Gasteiger partial charge in [0.1, 0.15) is 11.1 Å². The number of alkyl halides is 1. The summed E-state index contributed by atoms with van der Waals surface area (Å²) in [7, 11) is 1.32. The number of halogens is 1. The second kappa shape index (κ2) is 6.99. The van der Waals surface area contributed by atoms with Crippen molar-refractivity contribution in [2.75, 3.05) is 18.7 Å². The Morgan fingerprint density at radius 1 is 1.56 bits per heavy atom. The maximum absolute atomic E-state index is 12.7. The Kier molecular flexibility index (Phi) is 5.10. The first-order valence-electron chi connectivity index (χ1n) is 7.29. The Balaban J connectivity index is 1.82. The minimum Gasteiger partial charge on any atom is -0.477 e. The molecule has 3 rings (SSSR count). The molecule has 10 heteroatoms. The minimum absolute atomic E-state index is 0.0237. The topological polar surface area (TPSA) is 95.9 Å². The average molecular weight is 403 g/mol. The molecule has 0 saturated carbocycles. The zero-order valence-corrected chi connectivity index (χ0v) is 15.5. The van der Waals surface area contributed by atoms with Crippen LogP contribution in [-0.4, -0.2) is 57.6 Å². The van der Waals surface area contributed by atoms with Crippen molar-refractivity contribution < 1.29 is 24.2 Å². The number of carboxylic acids is 1. The predicted molar refractivity (Wildman–Crippen MR) is 94.4 cm³/mol. The number of β-lactam (4-membered cyclic amide) rings is 1. The standard InChI is InChI=1S/C15H15ClN2O5S2/c1-23-15(17-10(19)5-9-3-2-4-24-9)13(22)18-11(12(20)21)8(6-16)7-25-14(15)18/h2-4,14H,5-7H2,1H3,(H,17,19)(H,20,21)/t14-,15?/m0/s1. The SMILES string of the molecule is COC1(NC(=O)Cc2cccs2)C(=O)N2C(C(=O)O)=C(CCl)CS[C@H]21. The number of hydrogen-bond acceptors (Lipinski definition) is 6. The normalized spacial score (nSPS) is 25.4. The van der Waals surface area contributed by atoms with Crippen molar-refractivity contribution in [3.63, 3.8) is 0 Å². The number of ether oxygens (including phenoxy) is 1. The van der Waals surface area contributed by atoms with Crippen LogP contribution in [0.2, 0.25) is 0 Å². The van der Waals surface area contributed by atoms with Crippen molar-refractivity contribution in [1.29, 1.82) is 0 Å². The molecule has 3 heterocycles. The number of nitrogens with zero attached hydrogens (tertiary/aromatic N) is 1. The molecule has 1 unspecified atom stereocenters. The van der Waals surface area contributed by atoms with Gasteiger partial charge in [0.15, 0.2) is 0 Å². The molecule has 2 amide bonds. The fraction of sp³-hybridized carbons (Fsp3) is 0.400. The number of nitrogens with one attached hydrogen (secondary N) is 1. The van der Waals surface area contributed by atoms with Crippen LogP contribution in [0.15, 0.2) is 28.8 Å². The highest BCUT2D eigenvalue weighted by molar-refractivity contribution is 8.00. The molecule has 2 N–H and O–H groups in total. The molecule has 7 nitrogen and oxygen atoms in total. The van der Waals surface area contributed by atoms with E-state index in [1.54, 1.807) is 0 Å². The van der Waals surface area contributed by atoms with Gasteiger partial charge in [-0.05, 0) is 17.0 Å². The van der Waals surface area contributed by atoms with Crippen LogP contribution in [0.5, 0.6) is 0 Å². The maximum atomic E-state index is 12.7. The van der Waals surface area contributed by atoms with Gasteiger partial charge in [-0.2, -0.15) is 0 Å². The first-order valence-corrected chi connectivity index (χ1v) is 9.76. The summed E-state index contributed by atoms with van der Waals surface area (Å²) in [5.41, 5.74) is -1.21. The second-order valence-corrected chi connectivity index (χ2v) is 7.84. The highest BCUT2D eigenvalue weighted by atomic mass is 35.5. The number of carbonyl (C=O) groups excluding carboxylic acids is 2. The molecular weight excluding hydrogens is 388 g/mol. The quantitative estimate of drug-likeness (QED) is 0.422. The van der Waals surface area contributed by atoms with Gasteiger partial charge in [-0.1, -0.05) is 6.07 Å². The number of methoxy groups -OCH3 is 1. The van der Waals surface area contributed by atoms with E-state index in [1.165, 1.54) is 30.2 Å². The lowest BCUT2D eigenvalue weighted by Crippen LogP contribution is -2.80. The van der Waals surface area contributed by atoms with Gasteiger partial charge in [-0.15, -0.1) is 34.7 Å². The van der Waals surface area contributed by atoms with E-state index in [9.17, 15) is 19.5 Å². The van der Waals surface area contributed by atoms with E-state index in [4.69, 9.17) is 16.3 Å². The summed E-state index contributed by atoms with van der Waals surface area (Å²) in [4.78, 5) is 38.6. The summed E-state index contributed by atoms with van der Waals surface area (Å²) in [6.45, 7) is 0. The highest BCUT2D eigenvalue weighted by Crippen LogP contribution is 2.46. The smallest absolute Gasteiger partial charge is 0.352 e. The second-order valence-electron chi connectivity index (χ2n) is 5.47. The van der Waals surface area contributed by atoms with Crippen LogP contribution in [0.1, 0.15) is 4.88 Å². The largest absolute Gasteiger partial charge is 0.477 e. The van der Waals surface area contributed by atoms with E-state index in [2.05, 4.69) is 5.32 Å². The molecule has 0 aliphatic carbocycles. The number of fused-ring (bicyclic) bond motifs is 1. The van der Waals surface area contributed by atoms with Gasteiger partial charge in [0.25, 0.3) is 11.6 Å². The van der Waals surface area contributed by atoms with Crippen molar-refractivity contribution in [2.45, 2.75) is 17.5 Å². The Bertz CT molecular complexity index is 751. The number of aliphatic carboxylic acids is 1. The molecule has 0 bridgehead atoms. The van der Waals surface area contributed by atoms with Crippen LogP contribution in [0.4, 0.5) is 0 Å². The van der Waals surface area contributed by atoms with Crippen molar-refractivity contribution in [1.82, 2.24) is 10.2 Å². The monoisotopic (exact) mass is 402 g/mol. The Morgan fingerprint density at radius 2 is 2.32 bits per heavy atom. The van der Waals surface area contributed by atoms with E-state index >= 15 is 0 Å². The number of amides is 2. The number of carbonyl (C=O) groups is 3. The van der Waals surface area contributed by atoms with E-state index in [-0.39, 0.29) is 23.9 Å². The predicted octanol–water partition coefficient (Wildman–Crippen LogP) is 1.24. The molecular formula is C15H15ClN2O5S2. The minimum atomic E-state index is -1.56. The molecule has 1 aromatic rings. The number of thioether (sulfide) groups is 1. The molecule has 2 atom stereocenters. The van der Waals surface area contributed by atoms with Crippen molar-refractivity contribution in [2.24, 2.45) is 0 Å². The molecule has 25 heavy (non-hydrogen) atoms. The van der Waals surface area contributed by atoms with E-state index in [0.29, 0.717) is 11.3 Å². The first-order chi connectivity index (χ1) is 11.9. The molecule has 2 aliphatic rings. The van der Waals surface area contributed by atoms with Crippen LogP contribution >= 0.6 is 34.7 Å². The lowest BCUT2D eigenvalue weighted by molar-refractivity contribution is -0.192. The molecule has 1 aromatic heterocycles. The van der Waals surface area contributed by atoms with Gasteiger partial charge in [-0.3, -0.25) is 14.5 Å². The fourth-order valence-electron chi connectivity index (χ4n) is 2.87. The summed E-state index contributed by atoms with van der Waals surface area (Å²) in [6.07, 6.45) is 0.127. The number of hydrogen-bond donors (Lipinski definition) is 2. The highest BCUT2D eigenvalue weighted by Gasteiger charge is 2.66. The zero-order valence-electron chi connectivity index (χ0n) is 13.2. The average Bonchev–Trinajstić information content (AvgIpc) is 3.10. The number of rotatable bonds is 6. The molecule has 0 radical (unpaired) electrons. The van der Waals surface area contributed by atoms with Gasteiger partial charge in [-0.25, -0.2) is 4.79 Å². The summed E-state index contributed by atoms with van der Waals surface area (Å²) in [5.74, 6) is -1.81. The van der Waals surface area contributed by atoms with Crippen LogP contribution < -0.4 is 5.32 Å². The van der Waals surface area contributed by atoms with Crippen LogP contribution in [0.3, 0.4) is 0 Å². The van der Waals surface area contributed by atoms with Gasteiger partial charge >= 0.3 is 5.97 Å². The maximum Gasteiger partial charge on any atom is 0.352 e. The molecule has 1 saturated heterocycles. The number of thiophene rings is 1. The van der Waals surface area contributed by atoms with Gasteiger partial charge < -0.3 is 15.2 Å². The van der Waals surface area contributed by atoms with Crippen LogP contribution in [-0.2, 0) is 25.5 Å². The molecule has 0 aromatic carbocycles. The van der Waals surface area contributed by atoms with E-state index in [0.717, 1.165) is 9.78 Å². The van der Waals surface area contributed by atoms with Crippen LogP contribution in [0.25, 0.3) is 0 Å². The third kappa shape index (κ3) is 2.95. The Morgan fingerprint density at radius 3 is 2.88 bits per heavy atom. The van der Waals surface area contributed by atoms with Crippen molar-refractivity contribution in [3.05, 3.63) is 33.7 Å². The van der Waals surface area contributed by atoms with Gasteiger partial charge in [0.05, 0.1) is 6.42 Å². The molecule has 2 aliphatic heterocycles. The summed E-state index contributed by atoms with van der Waals surface area (Å²) in [5, 5.41) is 13.3. The lowest BCUT2D eigenvalue weighted by atomic mass is 9.98. The number of carboxylic acid groups (broad SMARTS) is 1. The van der Waals surface area contributed by atoms with Gasteiger partial charge in [0.2, 0.25) is 5.91 Å². The molecule has 0 spiro atoms. The summed E-state index contributed by atoms with van der Waals surface area (Å²) in [6, 6.07) is 3.66. The third-order valence-corrected chi connectivity index (χ3v) is 6.61. The molecule has 1 fully saturated rings. The van der Waals surface area contributed by atoms with Gasteiger partial charge in [0, 0.05) is 23.6 Å². The third-order valence-electron chi connectivity index (χ3n) is 4.04. The van der Waals surface area contributed by atoms with E-state index < -0.39 is 23.0 Å². The molecule has 134 valence electrons. The Hall–Kier alpha value is -1.55. The Labute approximate surface area is 157 Å². The zero-order chi connectivity index (χ0) is 18.2. The summed E-state index contributed by atoms with van der Waals surface area (Å²) >= 11 is 8.55. The fourth-order valence-corrected chi connectivity index (χ4v) is 5.34.